The molecule has 1 aromatic carbocycles. The van der Waals surface area contributed by atoms with Gasteiger partial charge in [-0.25, -0.2) is 0 Å². The fraction of sp³-hybridized carbons (Fsp3) is 0.421. The van der Waals surface area contributed by atoms with Crippen LogP contribution in [0.2, 0.25) is 0 Å². The molecule has 4 rings (SSSR count). The summed E-state index contributed by atoms with van der Waals surface area (Å²) in [6.07, 6.45) is 7.18. The van der Waals surface area contributed by atoms with Crippen LogP contribution in [0.25, 0.3) is 0 Å². The van der Waals surface area contributed by atoms with Gasteiger partial charge in [0.1, 0.15) is 0 Å². The van der Waals surface area contributed by atoms with Crippen LogP contribution in [0.1, 0.15) is 36.0 Å². The number of benzene rings is 1. The van der Waals surface area contributed by atoms with Gasteiger partial charge in [-0.3, -0.25) is 14.3 Å². The number of hydrogen-bond acceptors (Lipinski definition) is 3. The fourth-order valence-corrected chi connectivity index (χ4v) is 3.81. The molecule has 0 radical (unpaired) electrons. The van der Waals surface area contributed by atoms with Gasteiger partial charge >= 0.3 is 0 Å². The van der Waals surface area contributed by atoms with Crippen molar-refractivity contribution in [1.29, 1.82) is 0 Å². The summed E-state index contributed by atoms with van der Waals surface area (Å²) in [5, 5.41) is 4.26. The van der Waals surface area contributed by atoms with Gasteiger partial charge in [-0.15, -0.1) is 0 Å². The molecule has 0 unspecified atom stereocenters. The van der Waals surface area contributed by atoms with Gasteiger partial charge in [0, 0.05) is 43.2 Å². The fourth-order valence-electron chi connectivity index (χ4n) is 3.81. The van der Waals surface area contributed by atoms with E-state index in [0.717, 1.165) is 44.6 Å². The second-order valence-electron chi connectivity index (χ2n) is 6.72. The molecule has 2 aliphatic heterocycles. The van der Waals surface area contributed by atoms with E-state index in [4.69, 9.17) is 0 Å². The second-order valence-corrected chi connectivity index (χ2v) is 6.72. The average Bonchev–Trinajstić information content (AvgIpc) is 3.37. The van der Waals surface area contributed by atoms with Gasteiger partial charge in [0.2, 0.25) is 5.91 Å². The summed E-state index contributed by atoms with van der Waals surface area (Å²) in [4.78, 5) is 28.7. The molecular formula is C19H22N4O2. The van der Waals surface area contributed by atoms with E-state index in [2.05, 4.69) is 5.10 Å². The van der Waals surface area contributed by atoms with Crippen LogP contribution in [0.4, 0.5) is 5.69 Å². The van der Waals surface area contributed by atoms with Crippen molar-refractivity contribution in [3.05, 3.63) is 48.3 Å². The van der Waals surface area contributed by atoms with Crippen LogP contribution < -0.4 is 4.90 Å². The first-order valence-electron chi connectivity index (χ1n) is 8.91. The number of amides is 2. The topological polar surface area (TPSA) is 58.4 Å². The summed E-state index contributed by atoms with van der Waals surface area (Å²) < 4.78 is 1.88. The minimum Gasteiger partial charge on any atom is -0.334 e. The zero-order valence-corrected chi connectivity index (χ0v) is 14.2. The SMILES string of the molecule is O=C1CCCN1c1cccc(C(=O)N2CCC[C@@H]2Cn2cccn2)c1. The van der Waals surface area contributed by atoms with Gasteiger partial charge < -0.3 is 9.80 Å². The molecular weight excluding hydrogens is 316 g/mol. The molecule has 0 spiro atoms. The Bertz CT molecular complexity index is 771. The Labute approximate surface area is 147 Å². The van der Waals surface area contributed by atoms with Crippen molar-refractivity contribution in [2.75, 3.05) is 18.0 Å². The highest BCUT2D eigenvalue weighted by Crippen LogP contribution is 2.25. The van der Waals surface area contributed by atoms with Crippen LogP contribution in [0, 0.1) is 0 Å². The molecule has 2 aliphatic rings. The molecule has 130 valence electrons. The van der Waals surface area contributed by atoms with Gasteiger partial charge in [-0.05, 0) is 43.5 Å². The highest BCUT2D eigenvalue weighted by atomic mass is 16.2. The van der Waals surface area contributed by atoms with E-state index in [1.807, 2.05) is 46.1 Å². The number of nitrogens with zero attached hydrogens (tertiary/aromatic N) is 4. The van der Waals surface area contributed by atoms with Crippen molar-refractivity contribution in [2.24, 2.45) is 0 Å². The number of anilines is 1. The van der Waals surface area contributed by atoms with Gasteiger partial charge in [0.15, 0.2) is 0 Å². The van der Waals surface area contributed by atoms with Gasteiger partial charge in [0.25, 0.3) is 5.91 Å². The summed E-state index contributed by atoms with van der Waals surface area (Å²) in [6, 6.07) is 9.55. The van der Waals surface area contributed by atoms with E-state index in [0.29, 0.717) is 12.0 Å². The van der Waals surface area contributed by atoms with Crippen molar-refractivity contribution >= 4 is 17.5 Å². The Balaban J connectivity index is 1.52. The summed E-state index contributed by atoms with van der Waals surface area (Å²) in [7, 11) is 0. The number of rotatable bonds is 4. The molecule has 0 N–H and O–H groups in total. The molecule has 2 amide bonds. The number of aromatic nitrogens is 2. The van der Waals surface area contributed by atoms with E-state index >= 15 is 0 Å². The Morgan fingerprint density at radius 1 is 1.20 bits per heavy atom. The number of likely N-dealkylation sites (tertiary alicyclic amines) is 1. The molecule has 6 nitrogen and oxygen atoms in total. The molecule has 2 fully saturated rings. The van der Waals surface area contributed by atoms with Crippen LogP contribution >= 0.6 is 0 Å². The van der Waals surface area contributed by atoms with Gasteiger partial charge in [-0.2, -0.15) is 5.10 Å². The van der Waals surface area contributed by atoms with E-state index in [1.54, 1.807) is 11.1 Å². The zero-order valence-electron chi connectivity index (χ0n) is 14.2. The zero-order chi connectivity index (χ0) is 17.2. The van der Waals surface area contributed by atoms with Crippen LogP contribution in [-0.2, 0) is 11.3 Å². The predicted octanol–water partition coefficient (Wildman–Crippen LogP) is 2.31. The Morgan fingerprint density at radius 2 is 2.12 bits per heavy atom. The first kappa shape index (κ1) is 15.9. The Morgan fingerprint density at radius 3 is 2.88 bits per heavy atom. The van der Waals surface area contributed by atoms with Crippen LogP contribution in [0.3, 0.4) is 0 Å². The molecule has 1 atom stereocenters. The van der Waals surface area contributed by atoms with Crippen molar-refractivity contribution in [3.8, 4) is 0 Å². The minimum atomic E-state index is 0.0446. The lowest BCUT2D eigenvalue weighted by atomic mass is 10.1. The van der Waals surface area contributed by atoms with Crippen LogP contribution in [0.15, 0.2) is 42.7 Å². The molecule has 0 saturated carbocycles. The third kappa shape index (κ3) is 3.16. The van der Waals surface area contributed by atoms with Crippen molar-refractivity contribution in [2.45, 2.75) is 38.3 Å². The third-order valence-electron chi connectivity index (χ3n) is 5.07. The van der Waals surface area contributed by atoms with Gasteiger partial charge in [-0.1, -0.05) is 6.07 Å². The van der Waals surface area contributed by atoms with E-state index in [-0.39, 0.29) is 17.9 Å². The smallest absolute Gasteiger partial charge is 0.254 e. The number of carbonyl (C=O) groups excluding carboxylic acids is 2. The first-order valence-corrected chi connectivity index (χ1v) is 8.91. The normalized spacial score (nSPS) is 20.5. The maximum Gasteiger partial charge on any atom is 0.254 e. The molecule has 6 heteroatoms. The molecule has 25 heavy (non-hydrogen) atoms. The lowest BCUT2D eigenvalue weighted by molar-refractivity contribution is -0.117. The Kier molecular flexibility index (Phi) is 4.26. The average molecular weight is 338 g/mol. The van der Waals surface area contributed by atoms with E-state index in [9.17, 15) is 9.59 Å². The van der Waals surface area contributed by atoms with Crippen LogP contribution in [0.5, 0.6) is 0 Å². The number of carbonyl (C=O) groups is 2. The summed E-state index contributed by atoms with van der Waals surface area (Å²) in [5.74, 6) is 0.186. The lowest BCUT2D eigenvalue weighted by Gasteiger charge is -2.25. The van der Waals surface area contributed by atoms with Crippen molar-refractivity contribution in [3.63, 3.8) is 0 Å². The Hall–Kier alpha value is -2.63. The minimum absolute atomic E-state index is 0.0446. The maximum absolute atomic E-state index is 13.0. The monoisotopic (exact) mass is 338 g/mol. The molecule has 3 heterocycles. The summed E-state index contributed by atoms with van der Waals surface area (Å²) >= 11 is 0. The number of hydrogen-bond donors (Lipinski definition) is 0. The quantitative estimate of drug-likeness (QED) is 0.859. The molecule has 2 saturated heterocycles. The first-order chi connectivity index (χ1) is 12.2. The van der Waals surface area contributed by atoms with Crippen LogP contribution in [-0.4, -0.2) is 45.6 Å². The summed E-state index contributed by atoms with van der Waals surface area (Å²) in [5.41, 5.74) is 1.49. The van der Waals surface area contributed by atoms with Gasteiger partial charge in [0.05, 0.1) is 12.6 Å². The molecule has 0 bridgehead atoms. The lowest BCUT2D eigenvalue weighted by Crippen LogP contribution is -2.38. The van der Waals surface area contributed by atoms with Crippen molar-refractivity contribution < 1.29 is 9.59 Å². The van der Waals surface area contributed by atoms with E-state index in [1.165, 1.54) is 0 Å². The standard InChI is InChI=1S/C19H22N4O2/c24-18-8-3-11-22(18)16-6-1-5-15(13-16)19(25)23-12-2-7-17(23)14-21-10-4-9-20-21/h1,4-6,9-10,13,17H,2-3,7-8,11-12,14H2/t17-/m1/s1. The highest BCUT2D eigenvalue weighted by molar-refractivity contribution is 5.99. The predicted molar refractivity (Wildman–Crippen MR) is 94.3 cm³/mol. The maximum atomic E-state index is 13.0. The molecule has 2 aromatic rings. The second kappa shape index (κ2) is 6.70. The summed E-state index contributed by atoms with van der Waals surface area (Å²) in [6.45, 7) is 2.24. The van der Waals surface area contributed by atoms with E-state index < -0.39 is 0 Å². The highest BCUT2D eigenvalue weighted by Gasteiger charge is 2.30. The molecule has 1 aromatic heterocycles. The third-order valence-corrected chi connectivity index (χ3v) is 5.07. The van der Waals surface area contributed by atoms with Crippen molar-refractivity contribution in [1.82, 2.24) is 14.7 Å². The molecule has 0 aliphatic carbocycles. The largest absolute Gasteiger partial charge is 0.334 e.